The third kappa shape index (κ3) is 3.65. The molecule has 0 aliphatic rings. The summed E-state index contributed by atoms with van der Waals surface area (Å²) >= 11 is 0. The Hall–Kier alpha value is -3.28. The van der Waals surface area contributed by atoms with Crippen molar-refractivity contribution in [1.29, 1.82) is 0 Å². The number of primary amides is 1. The van der Waals surface area contributed by atoms with E-state index in [-0.39, 0.29) is 27.0 Å². The molecule has 11 heteroatoms. The smallest absolute Gasteiger partial charge is 0.347 e. The van der Waals surface area contributed by atoms with Crippen molar-refractivity contribution in [3.63, 3.8) is 0 Å². The highest BCUT2D eigenvalue weighted by atomic mass is 32.2. The van der Waals surface area contributed by atoms with E-state index in [4.69, 9.17) is 15.3 Å². The highest BCUT2D eigenvalue weighted by Crippen LogP contribution is 2.37. The van der Waals surface area contributed by atoms with Gasteiger partial charge in [-0.05, 0) is 36.4 Å². The standard InChI is InChI=1S/C16H13FN4O5S/c17-10-7-5-9(6-8-10)13-14(26-16(20-13)21(23)15(18)22)11-3-1-2-4-12(11)27(19,24)25/h1-8,23H,(H2,18,22)(H2,19,24,25). The molecule has 0 atom stereocenters. The minimum atomic E-state index is -4.13. The maximum atomic E-state index is 13.2. The van der Waals surface area contributed by atoms with Crippen LogP contribution in [0.15, 0.2) is 57.8 Å². The lowest BCUT2D eigenvalue weighted by molar-refractivity contribution is 0.203. The van der Waals surface area contributed by atoms with Gasteiger partial charge in [-0.3, -0.25) is 5.21 Å². The molecule has 0 bridgehead atoms. The minimum Gasteiger partial charge on any atom is -0.421 e. The van der Waals surface area contributed by atoms with E-state index in [1.165, 1.54) is 36.4 Å². The quantitative estimate of drug-likeness (QED) is 0.456. The van der Waals surface area contributed by atoms with Crippen LogP contribution in [0.5, 0.6) is 0 Å². The van der Waals surface area contributed by atoms with Crippen LogP contribution in [-0.2, 0) is 10.0 Å². The number of nitrogens with two attached hydrogens (primary N) is 2. The maximum absolute atomic E-state index is 13.2. The van der Waals surface area contributed by atoms with Crippen molar-refractivity contribution >= 4 is 22.1 Å². The molecular formula is C16H13FN4O5S. The van der Waals surface area contributed by atoms with Crippen LogP contribution in [0.3, 0.4) is 0 Å². The molecule has 5 N–H and O–H groups in total. The highest BCUT2D eigenvalue weighted by molar-refractivity contribution is 7.89. The van der Waals surface area contributed by atoms with E-state index < -0.39 is 27.9 Å². The van der Waals surface area contributed by atoms with Gasteiger partial charge in [-0.15, -0.1) is 5.06 Å². The number of primary sulfonamides is 1. The third-order valence-electron chi connectivity index (χ3n) is 3.56. The Labute approximate surface area is 152 Å². The number of anilines is 1. The fourth-order valence-corrected chi connectivity index (χ4v) is 3.12. The molecule has 0 saturated carbocycles. The van der Waals surface area contributed by atoms with Crippen LogP contribution in [0.1, 0.15) is 0 Å². The molecule has 140 valence electrons. The number of carbonyl (C=O) groups is 1. The minimum absolute atomic E-state index is 0.0379. The first kappa shape index (κ1) is 18.5. The summed E-state index contributed by atoms with van der Waals surface area (Å²) in [6.07, 6.45) is 0. The number of oxazole rings is 1. The number of nitrogens with zero attached hydrogens (tertiary/aromatic N) is 2. The van der Waals surface area contributed by atoms with Gasteiger partial charge >= 0.3 is 12.0 Å². The zero-order chi connectivity index (χ0) is 19.8. The first-order chi connectivity index (χ1) is 12.7. The molecule has 0 spiro atoms. The zero-order valence-electron chi connectivity index (χ0n) is 13.5. The molecule has 27 heavy (non-hydrogen) atoms. The molecule has 3 aromatic rings. The van der Waals surface area contributed by atoms with Crippen LogP contribution in [0, 0.1) is 5.82 Å². The van der Waals surface area contributed by atoms with Gasteiger partial charge in [0.1, 0.15) is 11.5 Å². The first-order valence-corrected chi connectivity index (χ1v) is 8.90. The Morgan fingerprint density at radius 3 is 2.37 bits per heavy atom. The van der Waals surface area contributed by atoms with Gasteiger partial charge in [0.15, 0.2) is 5.76 Å². The van der Waals surface area contributed by atoms with Crippen LogP contribution in [0.4, 0.5) is 15.2 Å². The maximum Gasteiger partial charge on any atom is 0.347 e. The number of amides is 2. The average molecular weight is 392 g/mol. The molecule has 0 unspecified atom stereocenters. The molecule has 0 fully saturated rings. The molecule has 1 heterocycles. The Morgan fingerprint density at radius 1 is 1.15 bits per heavy atom. The van der Waals surface area contributed by atoms with Crippen LogP contribution in [-0.4, -0.2) is 24.6 Å². The predicted octanol–water partition coefficient (Wildman–Crippen LogP) is 2.07. The van der Waals surface area contributed by atoms with Gasteiger partial charge in [0.2, 0.25) is 10.0 Å². The topological polar surface area (TPSA) is 153 Å². The molecule has 9 nitrogen and oxygen atoms in total. The summed E-state index contributed by atoms with van der Waals surface area (Å²) in [4.78, 5) is 14.9. The summed E-state index contributed by atoms with van der Waals surface area (Å²) in [7, 11) is -4.13. The van der Waals surface area contributed by atoms with E-state index in [9.17, 15) is 22.8 Å². The molecule has 3 rings (SSSR count). The number of hydroxylamine groups is 1. The van der Waals surface area contributed by atoms with Gasteiger partial charge in [0.25, 0.3) is 0 Å². The van der Waals surface area contributed by atoms with Gasteiger partial charge in [-0.25, -0.2) is 22.7 Å². The number of hydrogen-bond donors (Lipinski definition) is 3. The molecule has 2 aromatic carbocycles. The van der Waals surface area contributed by atoms with Crippen LogP contribution >= 0.6 is 0 Å². The highest BCUT2D eigenvalue weighted by Gasteiger charge is 2.26. The number of benzene rings is 2. The molecule has 1 aromatic heterocycles. The fourth-order valence-electron chi connectivity index (χ4n) is 2.38. The summed E-state index contributed by atoms with van der Waals surface area (Å²) in [5, 5.41) is 14.9. The number of aromatic nitrogens is 1. The van der Waals surface area contributed by atoms with Crippen molar-refractivity contribution < 1.29 is 27.2 Å². The van der Waals surface area contributed by atoms with E-state index in [0.29, 0.717) is 5.56 Å². The average Bonchev–Trinajstić information content (AvgIpc) is 3.06. The van der Waals surface area contributed by atoms with Crippen molar-refractivity contribution in [2.45, 2.75) is 4.90 Å². The second kappa shape index (κ2) is 6.79. The Bertz CT molecular complexity index is 1110. The molecule has 0 radical (unpaired) electrons. The van der Waals surface area contributed by atoms with Gasteiger partial charge in [0, 0.05) is 11.1 Å². The summed E-state index contributed by atoms with van der Waals surface area (Å²) in [6.45, 7) is 0. The zero-order valence-corrected chi connectivity index (χ0v) is 14.4. The van der Waals surface area contributed by atoms with Gasteiger partial charge in [-0.1, -0.05) is 12.1 Å². The van der Waals surface area contributed by atoms with E-state index in [0.717, 1.165) is 12.1 Å². The van der Waals surface area contributed by atoms with E-state index in [1.54, 1.807) is 0 Å². The predicted molar refractivity (Wildman–Crippen MR) is 92.6 cm³/mol. The molecule has 0 aliphatic heterocycles. The second-order valence-corrected chi connectivity index (χ2v) is 6.90. The Morgan fingerprint density at radius 2 is 1.78 bits per heavy atom. The van der Waals surface area contributed by atoms with Gasteiger partial charge < -0.3 is 10.2 Å². The Balaban J connectivity index is 2.29. The first-order valence-electron chi connectivity index (χ1n) is 7.36. The number of halogens is 1. The normalized spacial score (nSPS) is 11.4. The van der Waals surface area contributed by atoms with Crippen molar-refractivity contribution in [2.75, 3.05) is 5.06 Å². The second-order valence-electron chi connectivity index (χ2n) is 5.37. The van der Waals surface area contributed by atoms with Crippen LogP contribution < -0.4 is 15.9 Å². The SMILES string of the molecule is NC(=O)N(O)c1nc(-c2ccc(F)cc2)c(-c2ccccc2S(N)(=O)=O)o1. The van der Waals surface area contributed by atoms with Crippen molar-refractivity contribution in [3.05, 3.63) is 54.3 Å². The third-order valence-corrected chi connectivity index (χ3v) is 4.53. The fraction of sp³-hybridized carbons (Fsp3) is 0. The summed E-state index contributed by atoms with van der Waals surface area (Å²) in [5.74, 6) is -0.614. The van der Waals surface area contributed by atoms with E-state index in [2.05, 4.69) is 4.98 Å². The van der Waals surface area contributed by atoms with Gasteiger partial charge in [-0.2, -0.15) is 4.98 Å². The van der Waals surface area contributed by atoms with E-state index in [1.807, 2.05) is 0 Å². The van der Waals surface area contributed by atoms with Gasteiger partial charge in [0.05, 0.1) is 4.90 Å². The lowest BCUT2D eigenvalue weighted by Crippen LogP contribution is -2.32. The number of rotatable bonds is 4. The van der Waals surface area contributed by atoms with Crippen molar-refractivity contribution in [1.82, 2.24) is 4.98 Å². The lowest BCUT2D eigenvalue weighted by atomic mass is 10.1. The summed E-state index contributed by atoms with van der Waals surface area (Å²) < 4.78 is 42.4. The molecule has 2 amide bonds. The number of urea groups is 1. The number of sulfonamides is 1. The summed E-state index contributed by atoms with van der Waals surface area (Å²) in [6, 6.07) is 8.83. The largest absolute Gasteiger partial charge is 0.421 e. The lowest BCUT2D eigenvalue weighted by Gasteiger charge is -2.07. The Kier molecular flexibility index (Phi) is 4.66. The van der Waals surface area contributed by atoms with Crippen molar-refractivity contribution in [3.8, 4) is 22.6 Å². The van der Waals surface area contributed by atoms with Crippen LogP contribution in [0.2, 0.25) is 0 Å². The number of carbonyl (C=O) groups excluding carboxylic acids is 1. The monoisotopic (exact) mass is 392 g/mol. The molecule has 0 saturated heterocycles. The van der Waals surface area contributed by atoms with Crippen molar-refractivity contribution in [2.24, 2.45) is 10.9 Å². The number of hydrogen-bond acceptors (Lipinski definition) is 6. The van der Waals surface area contributed by atoms with E-state index >= 15 is 0 Å². The molecule has 0 aliphatic carbocycles. The van der Waals surface area contributed by atoms with Crippen LogP contribution in [0.25, 0.3) is 22.6 Å². The summed E-state index contributed by atoms with van der Waals surface area (Å²) in [5.41, 5.74) is 5.41. The molecular weight excluding hydrogens is 379 g/mol.